The van der Waals surface area contributed by atoms with E-state index in [1.165, 1.54) is 22.3 Å². The number of fused-ring (bicyclic) bond motifs is 1. The lowest BCUT2D eigenvalue weighted by molar-refractivity contribution is 0.147. The number of hydrogen-bond donors (Lipinski definition) is 1. The quantitative estimate of drug-likeness (QED) is 0.318. The summed E-state index contributed by atoms with van der Waals surface area (Å²) in [5.41, 5.74) is 7.12. The van der Waals surface area contributed by atoms with Gasteiger partial charge in [-0.25, -0.2) is 0 Å². The van der Waals surface area contributed by atoms with Crippen molar-refractivity contribution in [3.05, 3.63) is 124 Å². The zero-order chi connectivity index (χ0) is 21.9. The molecule has 4 aromatic carbocycles. The van der Waals surface area contributed by atoms with Gasteiger partial charge in [0.1, 0.15) is 12.4 Å². The second kappa shape index (κ2) is 9.32. The van der Waals surface area contributed by atoms with Gasteiger partial charge in [0, 0.05) is 4.47 Å². The molecule has 0 spiro atoms. The van der Waals surface area contributed by atoms with E-state index in [1.807, 2.05) is 24.3 Å². The zero-order valence-electron chi connectivity index (χ0n) is 17.7. The minimum atomic E-state index is -0.388. The Kier molecular flexibility index (Phi) is 6.11. The third kappa shape index (κ3) is 4.64. The highest BCUT2D eigenvalue weighted by Gasteiger charge is 2.26. The Bertz CT molecular complexity index is 1180. The van der Waals surface area contributed by atoms with Crippen LogP contribution in [0.5, 0.6) is 5.75 Å². The van der Waals surface area contributed by atoms with E-state index in [2.05, 4.69) is 88.7 Å². The topological polar surface area (TPSA) is 29.5 Å². The summed E-state index contributed by atoms with van der Waals surface area (Å²) < 4.78 is 7.10. The standard InChI is InChI=1S/C29H25BrO2/c30-26-13-9-22(10-14-26)21-7-5-20(6-8-21)19-32-27-15-11-23(12-16-27)25-17-24-3-1-2-4-28(24)29(31)18-25/h1-16,25,29,31H,17-19H2. The highest BCUT2D eigenvalue weighted by Crippen LogP contribution is 2.38. The van der Waals surface area contributed by atoms with Gasteiger partial charge in [0.05, 0.1) is 6.10 Å². The molecule has 0 amide bonds. The molecule has 0 bridgehead atoms. The predicted molar refractivity (Wildman–Crippen MR) is 133 cm³/mol. The minimum Gasteiger partial charge on any atom is -0.489 e. The second-order valence-electron chi connectivity index (χ2n) is 8.41. The van der Waals surface area contributed by atoms with Crippen LogP contribution in [0.1, 0.15) is 40.7 Å². The molecular formula is C29H25BrO2. The SMILES string of the molecule is OC1CC(c2ccc(OCc3ccc(-c4ccc(Br)cc4)cc3)cc2)Cc2ccccc21. The fraction of sp³-hybridized carbons (Fsp3) is 0.172. The van der Waals surface area contributed by atoms with Crippen LogP contribution in [0.25, 0.3) is 11.1 Å². The Hall–Kier alpha value is -2.88. The van der Waals surface area contributed by atoms with Crippen LogP contribution in [0, 0.1) is 0 Å². The lowest BCUT2D eigenvalue weighted by Gasteiger charge is -2.29. The first-order chi connectivity index (χ1) is 15.7. The molecule has 1 aliphatic carbocycles. The van der Waals surface area contributed by atoms with Gasteiger partial charge >= 0.3 is 0 Å². The Morgan fingerprint density at radius 2 is 1.44 bits per heavy atom. The monoisotopic (exact) mass is 484 g/mol. The molecule has 0 saturated heterocycles. The molecule has 32 heavy (non-hydrogen) atoms. The van der Waals surface area contributed by atoms with Gasteiger partial charge in [0.25, 0.3) is 0 Å². The second-order valence-corrected chi connectivity index (χ2v) is 9.33. The van der Waals surface area contributed by atoms with E-state index in [-0.39, 0.29) is 6.10 Å². The van der Waals surface area contributed by atoms with Crippen LogP contribution in [-0.4, -0.2) is 5.11 Å². The molecular weight excluding hydrogens is 460 g/mol. The lowest BCUT2D eigenvalue weighted by Crippen LogP contribution is -2.17. The van der Waals surface area contributed by atoms with Crippen molar-refractivity contribution in [2.45, 2.75) is 31.5 Å². The fourth-order valence-electron chi connectivity index (χ4n) is 4.48. The first-order valence-corrected chi connectivity index (χ1v) is 11.8. The zero-order valence-corrected chi connectivity index (χ0v) is 19.3. The first-order valence-electron chi connectivity index (χ1n) is 11.0. The third-order valence-corrected chi connectivity index (χ3v) is 6.81. The predicted octanol–water partition coefficient (Wildman–Crippen LogP) is 7.46. The Morgan fingerprint density at radius 3 is 2.16 bits per heavy atom. The van der Waals surface area contributed by atoms with E-state index in [9.17, 15) is 5.11 Å². The number of aliphatic hydroxyl groups is 1. The largest absolute Gasteiger partial charge is 0.489 e. The summed E-state index contributed by atoms with van der Waals surface area (Å²) in [7, 11) is 0. The lowest BCUT2D eigenvalue weighted by atomic mass is 9.79. The van der Waals surface area contributed by atoms with Crippen molar-refractivity contribution in [2.75, 3.05) is 0 Å². The van der Waals surface area contributed by atoms with Gasteiger partial charge in [0.2, 0.25) is 0 Å². The van der Waals surface area contributed by atoms with Gasteiger partial charge < -0.3 is 9.84 Å². The van der Waals surface area contributed by atoms with E-state index < -0.39 is 0 Å². The van der Waals surface area contributed by atoms with E-state index in [4.69, 9.17) is 4.74 Å². The van der Waals surface area contributed by atoms with Gasteiger partial charge in [-0.15, -0.1) is 0 Å². The molecule has 1 aliphatic rings. The molecule has 0 saturated carbocycles. The molecule has 1 N–H and O–H groups in total. The summed E-state index contributed by atoms with van der Waals surface area (Å²) in [4.78, 5) is 0. The number of halogens is 1. The van der Waals surface area contributed by atoms with Gasteiger partial charge in [-0.05, 0) is 76.4 Å². The Balaban J connectivity index is 1.21. The molecule has 160 valence electrons. The molecule has 0 aromatic heterocycles. The molecule has 5 rings (SSSR count). The van der Waals surface area contributed by atoms with Gasteiger partial charge in [0.15, 0.2) is 0 Å². The maximum Gasteiger partial charge on any atom is 0.119 e. The smallest absolute Gasteiger partial charge is 0.119 e. The van der Waals surface area contributed by atoms with Gasteiger partial charge in [-0.3, -0.25) is 0 Å². The molecule has 2 unspecified atom stereocenters. The van der Waals surface area contributed by atoms with Crippen molar-refractivity contribution in [2.24, 2.45) is 0 Å². The number of hydrogen-bond acceptors (Lipinski definition) is 2. The summed E-state index contributed by atoms with van der Waals surface area (Å²) >= 11 is 3.48. The van der Waals surface area contributed by atoms with Crippen LogP contribution in [0.3, 0.4) is 0 Å². The van der Waals surface area contributed by atoms with E-state index >= 15 is 0 Å². The van der Waals surface area contributed by atoms with Crippen LogP contribution in [0.2, 0.25) is 0 Å². The average Bonchev–Trinajstić information content (AvgIpc) is 2.84. The molecule has 0 heterocycles. The molecule has 2 atom stereocenters. The maximum atomic E-state index is 10.5. The molecule has 2 nitrogen and oxygen atoms in total. The van der Waals surface area contributed by atoms with Gasteiger partial charge in [-0.1, -0.05) is 88.7 Å². The molecule has 0 fully saturated rings. The normalized spacial score (nSPS) is 17.6. The minimum absolute atomic E-state index is 0.333. The van der Waals surface area contributed by atoms with E-state index in [1.54, 1.807) is 0 Å². The van der Waals surface area contributed by atoms with Crippen molar-refractivity contribution in [1.29, 1.82) is 0 Å². The molecule has 3 heteroatoms. The van der Waals surface area contributed by atoms with Crippen LogP contribution < -0.4 is 4.74 Å². The van der Waals surface area contributed by atoms with Crippen molar-refractivity contribution in [1.82, 2.24) is 0 Å². The number of rotatable bonds is 5. The summed E-state index contributed by atoms with van der Waals surface area (Å²) in [5.74, 6) is 1.20. The highest BCUT2D eigenvalue weighted by atomic mass is 79.9. The van der Waals surface area contributed by atoms with Crippen molar-refractivity contribution in [3.8, 4) is 16.9 Å². The van der Waals surface area contributed by atoms with Crippen molar-refractivity contribution >= 4 is 15.9 Å². The summed E-state index contributed by atoms with van der Waals surface area (Å²) in [5, 5.41) is 10.5. The van der Waals surface area contributed by atoms with E-state index in [0.717, 1.165) is 34.2 Å². The van der Waals surface area contributed by atoms with Crippen molar-refractivity contribution < 1.29 is 9.84 Å². The van der Waals surface area contributed by atoms with Crippen LogP contribution in [-0.2, 0) is 13.0 Å². The van der Waals surface area contributed by atoms with Crippen LogP contribution >= 0.6 is 15.9 Å². The number of benzene rings is 4. The van der Waals surface area contributed by atoms with Crippen LogP contribution in [0.15, 0.2) is 102 Å². The Morgan fingerprint density at radius 1 is 0.781 bits per heavy atom. The number of aliphatic hydroxyl groups excluding tert-OH is 1. The Labute approximate surface area is 197 Å². The maximum absolute atomic E-state index is 10.5. The molecule has 0 radical (unpaired) electrons. The van der Waals surface area contributed by atoms with Crippen molar-refractivity contribution in [3.63, 3.8) is 0 Å². The highest BCUT2D eigenvalue weighted by molar-refractivity contribution is 9.10. The molecule has 4 aromatic rings. The fourth-order valence-corrected chi connectivity index (χ4v) is 4.75. The summed E-state index contributed by atoms with van der Waals surface area (Å²) in [6, 6.07) is 33.4. The first kappa shape index (κ1) is 21.0. The molecule has 0 aliphatic heterocycles. The van der Waals surface area contributed by atoms with Gasteiger partial charge in [-0.2, -0.15) is 0 Å². The summed E-state index contributed by atoms with van der Waals surface area (Å²) in [6.45, 7) is 0.537. The number of ether oxygens (including phenoxy) is 1. The summed E-state index contributed by atoms with van der Waals surface area (Å²) in [6.07, 6.45) is 1.35. The van der Waals surface area contributed by atoms with E-state index in [0.29, 0.717) is 12.5 Å². The van der Waals surface area contributed by atoms with Crippen LogP contribution in [0.4, 0.5) is 0 Å². The average molecular weight is 485 g/mol. The third-order valence-electron chi connectivity index (χ3n) is 6.28.